The summed E-state index contributed by atoms with van der Waals surface area (Å²) in [7, 11) is -3.66. The van der Waals surface area contributed by atoms with Crippen LogP contribution >= 0.6 is 0 Å². The predicted molar refractivity (Wildman–Crippen MR) is 106 cm³/mol. The third kappa shape index (κ3) is 6.26. The van der Waals surface area contributed by atoms with Gasteiger partial charge in [0, 0.05) is 19.6 Å². The minimum atomic E-state index is -3.66. The lowest BCUT2D eigenvalue weighted by molar-refractivity contribution is -0.130. The van der Waals surface area contributed by atoms with Crippen LogP contribution < -0.4 is 10.6 Å². The molecule has 1 aromatic carbocycles. The molecule has 29 heavy (non-hydrogen) atoms. The smallest absolute Gasteiger partial charge is 0.338 e. The number of nitrogens with zero attached hydrogens (tertiary/aromatic N) is 1. The van der Waals surface area contributed by atoms with Crippen molar-refractivity contribution in [3.05, 3.63) is 29.8 Å². The highest BCUT2D eigenvalue weighted by molar-refractivity contribution is 7.89. The van der Waals surface area contributed by atoms with Crippen LogP contribution in [-0.2, 0) is 24.3 Å². The Morgan fingerprint density at radius 2 is 1.90 bits per heavy atom. The van der Waals surface area contributed by atoms with Crippen molar-refractivity contribution in [2.45, 2.75) is 44.0 Å². The summed E-state index contributed by atoms with van der Waals surface area (Å²) in [5.41, 5.74) is 0.0341. The van der Waals surface area contributed by atoms with Crippen molar-refractivity contribution in [3.63, 3.8) is 0 Å². The lowest BCUT2D eigenvalue weighted by atomic mass is 10.2. The molecule has 0 spiro atoms. The maximum absolute atomic E-state index is 12.6. The van der Waals surface area contributed by atoms with E-state index in [9.17, 15) is 22.8 Å². The molecule has 1 atom stereocenters. The molecule has 9 nitrogen and oxygen atoms in total. The second-order valence-electron chi connectivity index (χ2n) is 6.80. The number of hydrogen-bond donors (Lipinski definition) is 2. The number of esters is 1. The van der Waals surface area contributed by atoms with Gasteiger partial charge in [-0.25, -0.2) is 13.2 Å². The third-order valence-electron chi connectivity index (χ3n) is 4.43. The van der Waals surface area contributed by atoms with Gasteiger partial charge in [0.2, 0.25) is 15.9 Å². The van der Waals surface area contributed by atoms with Gasteiger partial charge >= 0.3 is 5.97 Å². The highest BCUT2D eigenvalue weighted by Gasteiger charge is 2.28. The molecule has 10 heteroatoms. The van der Waals surface area contributed by atoms with Gasteiger partial charge in [-0.2, -0.15) is 4.31 Å². The first kappa shape index (κ1) is 22.8. The molecule has 1 fully saturated rings. The minimum Gasteiger partial charge on any atom is -0.452 e. The van der Waals surface area contributed by atoms with E-state index >= 15 is 0 Å². The number of rotatable bonds is 9. The van der Waals surface area contributed by atoms with Gasteiger partial charge in [-0.1, -0.05) is 13.0 Å². The average molecular weight is 426 g/mol. The summed E-state index contributed by atoms with van der Waals surface area (Å²) in [6.45, 7) is 4.28. The number of sulfonamides is 1. The molecule has 2 rings (SSSR count). The average Bonchev–Trinajstić information content (AvgIpc) is 3.26. The summed E-state index contributed by atoms with van der Waals surface area (Å²) in [5, 5.41) is 5.09. The summed E-state index contributed by atoms with van der Waals surface area (Å²) in [5.74, 6) is -1.77. The van der Waals surface area contributed by atoms with Gasteiger partial charge in [0.15, 0.2) is 6.61 Å². The molecule has 0 aromatic heterocycles. The fourth-order valence-electron chi connectivity index (χ4n) is 2.83. The van der Waals surface area contributed by atoms with E-state index in [4.69, 9.17) is 4.74 Å². The lowest BCUT2D eigenvalue weighted by Crippen LogP contribution is -2.46. The molecular formula is C19H27N3O6S. The van der Waals surface area contributed by atoms with Crippen LogP contribution in [0.5, 0.6) is 0 Å². The molecule has 160 valence electrons. The first-order valence-corrected chi connectivity index (χ1v) is 11.0. The summed E-state index contributed by atoms with van der Waals surface area (Å²) in [6, 6.07) is 4.79. The van der Waals surface area contributed by atoms with E-state index in [1.54, 1.807) is 0 Å². The monoisotopic (exact) mass is 425 g/mol. The van der Waals surface area contributed by atoms with E-state index < -0.39 is 34.5 Å². The second kappa shape index (κ2) is 10.4. The molecule has 0 unspecified atom stereocenters. The van der Waals surface area contributed by atoms with E-state index in [0.29, 0.717) is 19.6 Å². The van der Waals surface area contributed by atoms with Crippen LogP contribution in [0.2, 0.25) is 0 Å². The Morgan fingerprint density at radius 3 is 2.55 bits per heavy atom. The van der Waals surface area contributed by atoms with Crippen molar-refractivity contribution in [3.8, 4) is 0 Å². The summed E-state index contributed by atoms with van der Waals surface area (Å²) < 4.78 is 31.6. The Balaban J connectivity index is 1.92. The van der Waals surface area contributed by atoms with E-state index in [0.717, 1.165) is 19.3 Å². The van der Waals surface area contributed by atoms with E-state index in [-0.39, 0.29) is 16.4 Å². The first-order valence-electron chi connectivity index (χ1n) is 9.60. The van der Waals surface area contributed by atoms with Crippen LogP contribution in [0.3, 0.4) is 0 Å². The molecule has 2 amide bonds. The van der Waals surface area contributed by atoms with Crippen LogP contribution in [0, 0.1) is 0 Å². The van der Waals surface area contributed by atoms with Crippen molar-refractivity contribution in [1.82, 2.24) is 14.9 Å². The quantitative estimate of drug-likeness (QED) is 0.561. The zero-order valence-electron chi connectivity index (χ0n) is 16.6. The molecule has 0 saturated carbocycles. The van der Waals surface area contributed by atoms with Crippen molar-refractivity contribution in [2.75, 3.05) is 26.2 Å². The SMILES string of the molecule is CCCNC(=O)[C@H](C)NC(=O)COC(=O)c1cccc(S(=O)(=O)N2CCCC2)c1. The Bertz CT molecular complexity index is 849. The van der Waals surface area contributed by atoms with E-state index in [1.165, 1.54) is 35.5 Å². The number of benzene rings is 1. The number of amides is 2. The summed E-state index contributed by atoms with van der Waals surface area (Å²) >= 11 is 0. The standard InChI is InChI=1S/C19H27N3O6S/c1-3-9-20-18(24)14(2)21-17(23)13-28-19(25)15-7-6-8-16(12-15)29(26,27)22-10-4-5-11-22/h6-8,12,14H,3-5,9-11,13H2,1-2H3,(H,20,24)(H,21,23)/t14-/m0/s1. The fourth-order valence-corrected chi connectivity index (χ4v) is 4.39. The number of carbonyl (C=O) groups excluding carboxylic acids is 3. The van der Waals surface area contributed by atoms with Gasteiger partial charge in [0.1, 0.15) is 6.04 Å². The van der Waals surface area contributed by atoms with Crippen LogP contribution in [0.1, 0.15) is 43.5 Å². The van der Waals surface area contributed by atoms with Crippen LogP contribution in [0.4, 0.5) is 0 Å². The van der Waals surface area contributed by atoms with Gasteiger partial charge in [-0.15, -0.1) is 0 Å². The predicted octanol–water partition coefficient (Wildman–Crippen LogP) is 0.659. The Morgan fingerprint density at radius 1 is 1.21 bits per heavy atom. The Kier molecular flexibility index (Phi) is 8.15. The van der Waals surface area contributed by atoms with Crippen LogP contribution in [0.25, 0.3) is 0 Å². The van der Waals surface area contributed by atoms with Gasteiger partial charge < -0.3 is 15.4 Å². The van der Waals surface area contributed by atoms with Crippen molar-refractivity contribution < 1.29 is 27.5 Å². The minimum absolute atomic E-state index is 0.0134. The highest BCUT2D eigenvalue weighted by Crippen LogP contribution is 2.21. The van der Waals surface area contributed by atoms with E-state index in [1.807, 2.05) is 6.92 Å². The maximum atomic E-state index is 12.6. The molecule has 0 bridgehead atoms. The topological polar surface area (TPSA) is 122 Å². The fraction of sp³-hybridized carbons (Fsp3) is 0.526. The Labute approximate surface area is 170 Å². The zero-order valence-corrected chi connectivity index (χ0v) is 17.5. The van der Waals surface area contributed by atoms with Crippen molar-refractivity contribution in [2.24, 2.45) is 0 Å². The Hall–Kier alpha value is -2.46. The molecule has 1 aliphatic heterocycles. The summed E-state index contributed by atoms with van der Waals surface area (Å²) in [6.07, 6.45) is 2.40. The zero-order chi connectivity index (χ0) is 21.4. The normalized spacial score (nSPS) is 15.5. The molecule has 0 aliphatic carbocycles. The van der Waals surface area contributed by atoms with Crippen LogP contribution in [0.15, 0.2) is 29.2 Å². The van der Waals surface area contributed by atoms with Crippen molar-refractivity contribution >= 4 is 27.8 Å². The van der Waals surface area contributed by atoms with Gasteiger partial charge in [0.05, 0.1) is 10.5 Å². The van der Waals surface area contributed by atoms with Crippen LogP contribution in [-0.4, -0.2) is 62.8 Å². The second-order valence-corrected chi connectivity index (χ2v) is 8.73. The van der Waals surface area contributed by atoms with Gasteiger partial charge in [0.25, 0.3) is 5.91 Å². The van der Waals surface area contributed by atoms with Crippen molar-refractivity contribution in [1.29, 1.82) is 0 Å². The van der Waals surface area contributed by atoms with Gasteiger partial charge in [-0.3, -0.25) is 9.59 Å². The molecule has 1 aliphatic rings. The molecule has 1 saturated heterocycles. The highest BCUT2D eigenvalue weighted by atomic mass is 32.2. The van der Waals surface area contributed by atoms with E-state index in [2.05, 4.69) is 10.6 Å². The third-order valence-corrected chi connectivity index (χ3v) is 6.32. The number of carbonyl (C=O) groups is 3. The molecule has 0 radical (unpaired) electrons. The molecule has 1 aromatic rings. The number of nitrogens with one attached hydrogen (secondary N) is 2. The maximum Gasteiger partial charge on any atom is 0.338 e. The lowest BCUT2D eigenvalue weighted by Gasteiger charge is -2.16. The van der Waals surface area contributed by atoms with Gasteiger partial charge in [-0.05, 0) is 44.4 Å². The molecular weight excluding hydrogens is 398 g/mol. The molecule has 2 N–H and O–H groups in total. The first-order chi connectivity index (χ1) is 13.8. The molecule has 1 heterocycles. The summed E-state index contributed by atoms with van der Waals surface area (Å²) in [4.78, 5) is 35.9. The number of hydrogen-bond acceptors (Lipinski definition) is 6. The largest absolute Gasteiger partial charge is 0.452 e. The number of ether oxygens (including phenoxy) is 1.